The maximum Gasteiger partial charge on any atom is 0.304 e. The molecule has 1 aliphatic rings. The third-order valence-corrected chi connectivity index (χ3v) is 4.28. The van der Waals surface area contributed by atoms with Gasteiger partial charge in [0.15, 0.2) is 0 Å². The number of amides is 1. The van der Waals surface area contributed by atoms with Crippen molar-refractivity contribution in [3.05, 3.63) is 24.3 Å². The Morgan fingerprint density at radius 1 is 1.29 bits per heavy atom. The van der Waals surface area contributed by atoms with Crippen LogP contribution in [-0.2, 0) is 15.0 Å². The highest BCUT2D eigenvalue weighted by molar-refractivity contribution is 7.90. The van der Waals surface area contributed by atoms with Gasteiger partial charge in [0, 0.05) is 14.1 Å². The molecule has 1 aromatic carbocycles. The van der Waals surface area contributed by atoms with Gasteiger partial charge in [-0.2, -0.15) is 12.7 Å². The van der Waals surface area contributed by atoms with Gasteiger partial charge < -0.3 is 5.32 Å². The van der Waals surface area contributed by atoms with Crippen molar-refractivity contribution < 1.29 is 13.2 Å². The predicted molar refractivity (Wildman–Crippen MR) is 65.0 cm³/mol. The summed E-state index contributed by atoms with van der Waals surface area (Å²) in [5.41, 5.74) is 0.995. The first-order chi connectivity index (χ1) is 7.93. The summed E-state index contributed by atoms with van der Waals surface area (Å²) in [4.78, 5) is 11.5. The number of carbonyl (C=O) groups excluding carboxylic acids is 1. The van der Waals surface area contributed by atoms with Crippen LogP contribution in [0.4, 0.5) is 11.4 Å². The molecule has 0 bridgehead atoms. The Morgan fingerprint density at radius 3 is 2.59 bits per heavy atom. The zero-order chi connectivity index (χ0) is 12.6. The van der Waals surface area contributed by atoms with Gasteiger partial charge in [-0.05, 0) is 12.1 Å². The summed E-state index contributed by atoms with van der Waals surface area (Å²) in [6.45, 7) is -0.197. The molecule has 1 N–H and O–H groups in total. The number of rotatable bonds is 2. The topological polar surface area (TPSA) is 69.7 Å². The predicted octanol–water partition coefficient (Wildman–Crippen LogP) is 0.252. The lowest BCUT2D eigenvalue weighted by molar-refractivity contribution is -0.115. The highest BCUT2D eigenvalue weighted by Gasteiger charge is 2.32. The van der Waals surface area contributed by atoms with Gasteiger partial charge in [0.05, 0.1) is 11.4 Å². The molecular weight excluding hydrogens is 242 g/mol. The second-order valence-electron chi connectivity index (χ2n) is 3.86. The fraction of sp³-hybridized carbons (Fsp3) is 0.300. The molecule has 92 valence electrons. The molecule has 0 spiro atoms. The fourth-order valence-electron chi connectivity index (χ4n) is 1.61. The Bertz CT molecular complexity index is 554. The van der Waals surface area contributed by atoms with Crippen molar-refractivity contribution in [1.29, 1.82) is 0 Å². The van der Waals surface area contributed by atoms with Crippen LogP contribution in [0.15, 0.2) is 24.3 Å². The molecule has 1 amide bonds. The van der Waals surface area contributed by atoms with Gasteiger partial charge in [-0.1, -0.05) is 12.1 Å². The smallest absolute Gasteiger partial charge is 0.304 e. The number of nitrogens with one attached hydrogen (secondary N) is 1. The summed E-state index contributed by atoms with van der Waals surface area (Å²) in [5, 5.41) is 2.64. The van der Waals surface area contributed by atoms with Crippen LogP contribution in [0.3, 0.4) is 0 Å². The van der Waals surface area contributed by atoms with Crippen LogP contribution < -0.4 is 9.62 Å². The Hall–Kier alpha value is -1.60. The standard InChI is InChI=1S/C10H13N3O3S/c1-12(2)17(15,16)13-7-10(14)11-8-5-3-4-6-9(8)13/h3-6H,7H2,1-2H3,(H,11,14). The van der Waals surface area contributed by atoms with E-state index in [1.54, 1.807) is 24.3 Å². The van der Waals surface area contributed by atoms with E-state index >= 15 is 0 Å². The minimum absolute atomic E-state index is 0.197. The van der Waals surface area contributed by atoms with Gasteiger partial charge in [-0.3, -0.25) is 4.79 Å². The molecule has 0 radical (unpaired) electrons. The van der Waals surface area contributed by atoms with E-state index in [0.29, 0.717) is 11.4 Å². The molecule has 0 aliphatic carbocycles. The van der Waals surface area contributed by atoms with Crippen LogP contribution >= 0.6 is 0 Å². The van der Waals surface area contributed by atoms with Crippen molar-refractivity contribution in [1.82, 2.24) is 4.31 Å². The van der Waals surface area contributed by atoms with Crippen molar-refractivity contribution in [3.63, 3.8) is 0 Å². The van der Waals surface area contributed by atoms with Crippen LogP contribution in [0.2, 0.25) is 0 Å². The van der Waals surface area contributed by atoms with Crippen LogP contribution in [0.5, 0.6) is 0 Å². The van der Waals surface area contributed by atoms with Crippen molar-refractivity contribution in [2.45, 2.75) is 0 Å². The van der Waals surface area contributed by atoms with Gasteiger partial charge in [0.1, 0.15) is 6.54 Å². The highest BCUT2D eigenvalue weighted by Crippen LogP contribution is 2.31. The van der Waals surface area contributed by atoms with E-state index in [-0.39, 0.29) is 12.5 Å². The van der Waals surface area contributed by atoms with E-state index in [4.69, 9.17) is 0 Å². The Balaban J connectivity index is 2.54. The molecule has 1 aromatic rings. The number of para-hydroxylation sites is 2. The van der Waals surface area contributed by atoms with E-state index in [9.17, 15) is 13.2 Å². The average Bonchev–Trinajstić information content (AvgIpc) is 2.27. The Labute approximate surface area is 100 Å². The number of anilines is 2. The molecule has 0 aromatic heterocycles. The third kappa shape index (κ3) is 1.98. The molecule has 1 aliphatic heterocycles. The number of hydrogen-bond donors (Lipinski definition) is 1. The molecule has 17 heavy (non-hydrogen) atoms. The SMILES string of the molecule is CN(C)S(=O)(=O)N1CC(=O)Nc2ccccc21. The molecule has 1 heterocycles. The number of carbonyl (C=O) groups is 1. The van der Waals surface area contributed by atoms with E-state index < -0.39 is 10.2 Å². The lowest BCUT2D eigenvalue weighted by Gasteiger charge is -2.31. The van der Waals surface area contributed by atoms with Crippen LogP contribution in [0.1, 0.15) is 0 Å². The molecule has 0 saturated heterocycles. The quantitative estimate of drug-likeness (QED) is 0.823. The minimum atomic E-state index is -3.64. The van der Waals surface area contributed by atoms with Gasteiger partial charge in [-0.25, -0.2) is 4.31 Å². The maximum atomic E-state index is 12.1. The van der Waals surface area contributed by atoms with Crippen LogP contribution in [0.25, 0.3) is 0 Å². The molecule has 0 atom stereocenters. The number of nitrogens with zero attached hydrogens (tertiary/aromatic N) is 2. The van der Waals surface area contributed by atoms with Crippen LogP contribution in [-0.4, -0.2) is 39.3 Å². The summed E-state index contributed by atoms with van der Waals surface area (Å²) in [6.07, 6.45) is 0. The van der Waals surface area contributed by atoms with Crippen LogP contribution in [0, 0.1) is 0 Å². The zero-order valence-electron chi connectivity index (χ0n) is 9.54. The van der Waals surface area contributed by atoms with Crippen molar-refractivity contribution in [2.75, 3.05) is 30.3 Å². The average molecular weight is 255 g/mol. The second-order valence-corrected chi connectivity index (χ2v) is 5.93. The van der Waals surface area contributed by atoms with E-state index in [1.165, 1.54) is 14.1 Å². The molecule has 0 saturated carbocycles. The minimum Gasteiger partial charge on any atom is -0.323 e. The Kier molecular flexibility index (Phi) is 2.80. The number of benzene rings is 1. The molecule has 2 rings (SSSR count). The monoisotopic (exact) mass is 255 g/mol. The molecule has 6 nitrogen and oxygen atoms in total. The molecular formula is C10H13N3O3S. The first kappa shape index (κ1) is 11.9. The number of hydrogen-bond acceptors (Lipinski definition) is 3. The first-order valence-corrected chi connectivity index (χ1v) is 6.41. The summed E-state index contributed by atoms with van der Waals surface area (Å²) in [6, 6.07) is 6.81. The summed E-state index contributed by atoms with van der Waals surface area (Å²) < 4.78 is 26.3. The van der Waals surface area contributed by atoms with Crippen molar-refractivity contribution in [3.8, 4) is 0 Å². The largest absolute Gasteiger partial charge is 0.323 e. The lowest BCUT2D eigenvalue weighted by Crippen LogP contribution is -2.47. The van der Waals surface area contributed by atoms with Gasteiger partial charge in [-0.15, -0.1) is 0 Å². The van der Waals surface area contributed by atoms with Gasteiger partial charge in [0.2, 0.25) is 5.91 Å². The van der Waals surface area contributed by atoms with E-state index in [0.717, 1.165) is 8.61 Å². The van der Waals surface area contributed by atoms with E-state index in [1.807, 2.05) is 0 Å². The lowest BCUT2D eigenvalue weighted by atomic mass is 10.2. The molecule has 0 unspecified atom stereocenters. The van der Waals surface area contributed by atoms with Crippen molar-refractivity contribution in [2.24, 2.45) is 0 Å². The van der Waals surface area contributed by atoms with E-state index in [2.05, 4.69) is 5.32 Å². The fourth-order valence-corrected chi connectivity index (χ4v) is 2.69. The van der Waals surface area contributed by atoms with Crippen molar-refractivity contribution >= 4 is 27.5 Å². The Morgan fingerprint density at radius 2 is 1.94 bits per heavy atom. The molecule has 0 fully saturated rings. The zero-order valence-corrected chi connectivity index (χ0v) is 10.4. The summed E-state index contributed by atoms with van der Waals surface area (Å²) in [7, 11) is -0.770. The normalized spacial score (nSPS) is 15.7. The first-order valence-electron chi connectivity index (χ1n) is 5.02. The molecule has 7 heteroatoms. The highest BCUT2D eigenvalue weighted by atomic mass is 32.2. The summed E-state index contributed by atoms with van der Waals surface area (Å²) >= 11 is 0. The summed E-state index contributed by atoms with van der Waals surface area (Å²) in [5.74, 6) is -0.339. The second kappa shape index (κ2) is 4.01. The van der Waals surface area contributed by atoms with Gasteiger partial charge in [0.25, 0.3) is 0 Å². The van der Waals surface area contributed by atoms with Gasteiger partial charge >= 0.3 is 10.2 Å². The number of fused-ring (bicyclic) bond motifs is 1. The maximum absolute atomic E-state index is 12.1. The third-order valence-electron chi connectivity index (χ3n) is 2.47.